The number of anilines is 1. The third-order valence-corrected chi connectivity index (χ3v) is 7.13. The van der Waals surface area contributed by atoms with E-state index in [-0.39, 0.29) is 4.21 Å². The Morgan fingerprint density at radius 3 is 2.70 bits per heavy atom. The molecule has 7 nitrogen and oxygen atoms in total. The van der Waals surface area contributed by atoms with Crippen molar-refractivity contribution in [2.45, 2.75) is 18.1 Å². The molecule has 0 atom stereocenters. The van der Waals surface area contributed by atoms with Gasteiger partial charge in [-0.3, -0.25) is 9.82 Å². The second kappa shape index (κ2) is 6.67. The van der Waals surface area contributed by atoms with Crippen LogP contribution in [-0.4, -0.2) is 23.8 Å². The standard InChI is InChI=1S/C18H16N4O3S2/c1-11-12(2)20-21-18(11)16-6-7-17(26-16)27(23,24)22-14-5-3-4-13(10-14)15-8-9-19-25-15/h3-10,22H,1-2H3,(H,20,21). The summed E-state index contributed by atoms with van der Waals surface area (Å²) < 4.78 is 33.5. The lowest BCUT2D eigenvalue weighted by atomic mass is 10.1. The van der Waals surface area contributed by atoms with E-state index in [2.05, 4.69) is 20.1 Å². The van der Waals surface area contributed by atoms with Crippen LogP contribution in [0.5, 0.6) is 0 Å². The zero-order valence-corrected chi connectivity index (χ0v) is 16.2. The van der Waals surface area contributed by atoms with Gasteiger partial charge in [-0.25, -0.2) is 8.42 Å². The number of thiophene rings is 1. The largest absolute Gasteiger partial charge is 0.356 e. The van der Waals surface area contributed by atoms with Gasteiger partial charge in [-0.2, -0.15) is 5.10 Å². The average Bonchev–Trinajstić information content (AvgIpc) is 3.38. The molecule has 3 heterocycles. The number of aromatic nitrogens is 3. The van der Waals surface area contributed by atoms with Crippen LogP contribution in [0.15, 0.2) is 57.4 Å². The first-order chi connectivity index (χ1) is 12.9. The Kier molecular flexibility index (Phi) is 4.33. The van der Waals surface area contributed by atoms with Crippen molar-refractivity contribution in [1.82, 2.24) is 15.4 Å². The van der Waals surface area contributed by atoms with Gasteiger partial charge >= 0.3 is 0 Å². The van der Waals surface area contributed by atoms with Gasteiger partial charge in [0.1, 0.15) is 9.90 Å². The molecule has 0 unspecified atom stereocenters. The summed E-state index contributed by atoms with van der Waals surface area (Å²) in [6.45, 7) is 3.88. The fourth-order valence-corrected chi connectivity index (χ4v) is 5.03. The van der Waals surface area contributed by atoms with Gasteiger partial charge in [0.2, 0.25) is 0 Å². The van der Waals surface area contributed by atoms with Crippen LogP contribution in [-0.2, 0) is 10.0 Å². The Labute approximate surface area is 160 Å². The summed E-state index contributed by atoms with van der Waals surface area (Å²) in [5.74, 6) is 0.568. The quantitative estimate of drug-likeness (QED) is 0.523. The van der Waals surface area contributed by atoms with Crippen molar-refractivity contribution in [2.24, 2.45) is 0 Å². The predicted molar refractivity (Wildman–Crippen MR) is 104 cm³/mol. The summed E-state index contributed by atoms with van der Waals surface area (Å²) in [6.07, 6.45) is 1.54. The molecule has 0 aliphatic rings. The van der Waals surface area contributed by atoms with Gasteiger partial charge in [0.25, 0.3) is 10.0 Å². The normalized spacial score (nSPS) is 11.6. The molecule has 4 aromatic rings. The highest BCUT2D eigenvalue weighted by Crippen LogP contribution is 2.33. The van der Waals surface area contributed by atoms with E-state index in [1.165, 1.54) is 17.5 Å². The van der Waals surface area contributed by atoms with Crippen LogP contribution in [0, 0.1) is 13.8 Å². The summed E-state index contributed by atoms with van der Waals surface area (Å²) in [5, 5.41) is 10.8. The number of hydrogen-bond acceptors (Lipinski definition) is 6. The van der Waals surface area contributed by atoms with E-state index in [1.807, 2.05) is 19.9 Å². The van der Waals surface area contributed by atoms with E-state index >= 15 is 0 Å². The van der Waals surface area contributed by atoms with E-state index in [0.717, 1.165) is 27.4 Å². The van der Waals surface area contributed by atoms with Gasteiger partial charge in [0.15, 0.2) is 5.76 Å². The summed E-state index contributed by atoms with van der Waals surface area (Å²) in [7, 11) is -3.71. The molecule has 4 rings (SSSR count). The van der Waals surface area contributed by atoms with Crippen LogP contribution < -0.4 is 4.72 Å². The highest BCUT2D eigenvalue weighted by molar-refractivity contribution is 7.94. The summed E-state index contributed by atoms with van der Waals surface area (Å²) in [6, 6.07) is 12.0. The van der Waals surface area contributed by atoms with E-state index in [4.69, 9.17) is 4.52 Å². The van der Waals surface area contributed by atoms with Crippen LogP contribution in [0.1, 0.15) is 11.3 Å². The highest BCUT2D eigenvalue weighted by Gasteiger charge is 2.20. The smallest absolute Gasteiger partial charge is 0.271 e. The number of benzene rings is 1. The second-order valence-corrected chi connectivity index (χ2v) is 9.00. The van der Waals surface area contributed by atoms with Crippen LogP contribution in [0.25, 0.3) is 21.9 Å². The second-order valence-electron chi connectivity index (χ2n) is 6.00. The lowest BCUT2D eigenvalue weighted by molar-refractivity contribution is 0.432. The van der Waals surface area contributed by atoms with Crippen LogP contribution in [0.4, 0.5) is 5.69 Å². The minimum absolute atomic E-state index is 0.225. The molecule has 0 radical (unpaired) electrons. The van der Waals surface area contributed by atoms with Crippen LogP contribution in [0.2, 0.25) is 0 Å². The number of aryl methyl sites for hydroxylation is 1. The number of nitrogens with one attached hydrogen (secondary N) is 2. The monoisotopic (exact) mass is 400 g/mol. The molecule has 0 aliphatic carbocycles. The lowest BCUT2D eigenvalue weighted by Gasteiger charge is -2.07. The first-order valence-corrected chi connectivity index (χ1v) is 10.4. The summed E-state index contributed by atoms with van der Waals surface area (Å²) >= 11 is 1.18. The van der Waals surface area contributed by atoms with Crippen molar-refractivity contribution < 1.29 is 12.9 Å². The summed E-state index contributed by atoms with van der Waals surface area (Å²) in [4.78, 5) is 0.799. The average molecular weight is 400 g/mol. The third-order valence-electron chi connectivity index (χ3n) is 4.17. The molecule has 9 heteroatoms. The van der Waals surface area contributed by atoms with Crippen LogP contribution in [0.3, 0.4) is 0 Å². The zero-order chi connectivity index (χ0) is 19.0. The molecule has 0 fully saturated rings. The maximum Gasteiger partial charge on any atom is 0.271 e. The van der Waals surface area contributed by atoms with Crippen molar-refractivity contribution in [2.75, 3.05) is 4.72 Å². The fraction of sp³-hybridized carbons (Fsp3) is 0.111. The molecule has 0 saturated heterocycles. The Morgan fingerprint density at radius 2 is 2.00 bits per heavy atom. The van der Waals surface area contributed by atoms with Gasteiger partial charge in [-0.1, -0.05) is 17.3 Å². The number of hydrogen-bond donors (Lipinski definition) is 2. The van der Waals surface area contributed by atoms with Crippen molar-refractivity contribution in [3.63, 3.8) is 0 Å². The van der Waals surface area contributed by atoms with Crippen molar-refractivity contribution in [1.29, 1.82) is 0 Å². The molecule has 138 valence electrons. The SMILES string of the molecule is Cc1[nH]nc(-c2ccc(S(=O)(=O)Nc3cccc(-c4ccno4)c3)s2)c1C. The first kappa shape index (κ1) is 17.5. The number of aromatic amines is 1. The van der Waals surface area contributed by atoms with E-state index in [0.29, 0.717) is 11.4 Å². The Morgan fingerprint density at radius 1 is 1.15 bits per heavy atom. The summed E-state index contributed by atoms with van der Waals surface area (Å²) in [5.41, 5.74) is 3.93. The number of rotatable bonds is 5. The molecule has 0 bridgehead atoms. The van der Waals surface area contributed by atoms with Crippen molar-refractivity contribution >= 4 is 27.0 Å². The van der Waals surface area contributed by atoms with Gasteiger partial charge in [0.05, 0.1) is 11.1 Å². The molecule has 0 spiro atoms. The molecule has 2 N–H and O–H groups in total. The molecule has 0 amide bonds. The highest BCUT2D eigenvalue weighted by atomic mass is 32.2. The number of sulfonamides is 1. The number of nitrogens with zero attached hydrogens (tertiary/aromatic N) is 2. The Balaban J connectivity index is 1.61. The van der Waals surface area contributed by atoms with Gasteiger partial charge in [-0.05, 0) is 43.7 Å². The molecule has 0 saturated carbocycles. The van der Waals surface area contributed by atoms with Gasteiger partial charge < -0.3 is 4.52 Å². The van der Waals surface area contributed by atoms with Gasteiger partial charge in [0, 0.05) is 23.0 Å². The topological polar surface area (TPSA) is 101 Å². The maximum absolute atomic E-state index is 12.8. The van der Waals surface area contributed by atoms with Crippen molar-refractivity contribution in [3.05, 3.63) is 59.9 Å². The maximum atomic E-state index is 12.8. The Bertz CT molecular complexity index is 1190. The zero-order valence-electron chi connectivity index (χ0n) is 14.6. The molecule has 0 aliphatic heterocycles. The van der Waals surface area contributed by atoms with E-state index in [1.54, 1.807) is 36.4 Å². The minimum Gasteiger partial charge on any atom is -0.356 e. The van der Waals surface area contributed by atoms with E-state index in [9.17, 15) is 8.42 Å². The first-order valence-electron chi connectivity index (χ1n) is 8.10. The number of H-pyrrole nitrogens is 1. The predicted octanol–water partition coefficient (Wildman–Crippen LogP) is 4.21. The van der Waals surface area contributed by atoms with Crippen LogP contribution >= 0.6 is 11.3 Å². The van der Waals surface area contributed by atoms with Gasteiger partial charge in [-0.15, -0.1) is 11.3 Å². The molecular weight excluding hydrogens is 384 g/mol. The third kappa shape index (κ3) is 3.38. The molecular formula is C18H16N4O3S2. The molecule has 1 aromatic carbocycles. The molecule has 27 heavy (non-hydrogen) atoms. The minimum atomic E-state index is -3.71. The molecule has 3 aromatic heterocycles. The lowest BCUT2D eigenvalue weighted by Crippen LogP contribution is -2.11. The van der Waals surface area contributed by atoms with Crippen molar-refractivity contribution in [3.8, 4) is 21.9 Å². The van der Waals surface area contributed by atoms with E-state index < -0.39 is 10.0 Å². The fourth-order valence-electron chi connectivity index (χ4n) is 2.62. The Hall–Kier alpha value is -2.91.